The van der Waals surface area contributed by atoms with Crippen molar-refractivity contribution in [1.29, 1.82) is 0 Å². The number of rotatable bonds is 6. The van der Waals surface area contributed by atoms with E-state index in [-0.39, 0.29) is 0 Å². The summed E-state index contributed by atoms with van der Waals surface area (Å²) in [5.41, 5.74) is -0.553. The Morgan fingerprint density at radius 3 is 2.27 bits per heavy atom. The Balaban J connectivity index is 2.46. The lowest BCUT2D eigenvalue weighted by atomic mass is 9.82. The third-order valence-electron chi connectivity index (χ3n) is 3.89. The van der Waals surface area contributed by atoms with E-state index in [9.17, 15) is 9.90 Å². The molecule has 0 bridgehead atoms. The first kappa shape index (κ1) is 12.5. The predicted octanol–water partition coefficient (Wildman–Crippen LogP) is 2.41. The van der Waals surface area contributed by atoms with Gasteiger partial charge in [0.1, 0.15) is 0 Å². The molecule has 0 saturated heterocycles. The molecule has 2 N–H and O–H groups in total. The van der Waals surface area contributed by atoms with Gasteiger partial charge in [-0.2, -0.15) is 0 Å². The van der Waals surface area contributed by atoms with Gasteiger partial charge in [0, 0.05) is 12.6 Å². The van der Waals surface area contributed by atoms with Crippen molar-refractivity contribution in [2.45, 2.75) is 58.4 Å². The highest BCUT2D eigenvalue weighted by molar-refractivity contribution is 5.74. The van der Waals surface area contributed by atoms with Crippen LogP contribution in [0.1, 0.15) is 52.4 Å². The van der Waals surface area contributed by atoms with Crippen molar-refractivity contribution < 1.29 is 9.90 Å². The van der Waals surface area contributed by atoms with E-state index >= 15 is 0 Å². The lowest BCUT2D eigenvalue weighted by molar-refractivity contribution is -0.149. The number of carbonyl (C=O) groups is 1. The summed E-state index contributed by atoms with van der Waals surface area (Å²) in [6.45, 7) is 4.56. The molecule has 0 heterocycles. The molecule has 0 unspecified atom stereocenters. The van der Waals surface area contributed by atoms with E-state index in [0.29, 0.717) is 25.4 Å². The van der Waals surface area contributed by atoms with Crippen LogP contribution < -0.4 is 5.32 Å². The van der Waals surface area contributed by atoms with Crippen LogP contribution in [0.15, 0.2) is 0 Å². The van der Waals surface area contributed by atoms with Crippen LogP contribution in [0.25, 0.3) is 0 Å². The Hall–Kier alpha value is -0.570. The molecule has 1 rings (SSSR count). The maximum Gasteiger partial charge on any atom is 0.310 e. The standard InChI is InChI=1S/C12H23NO2/c1-3-12(4-2,11(14)15)9-13-10-7-5-6-8-10/h10,13H,3-9H2,1-2H3,(H,14,15). The third-order valence-corrected chi connectivity index (χ3v) is 3.89. The van der Waals surface area contributed by atoms with Crippen LogP contribution in [0.2, 0.25) is 0 Å². The number of aliphatic carboxylic acids is 1. The number of hydrogen-bond acceptors (Lipinski definition) is 2. The largest absolute Gasteiger partial charge is 0.481 e. The minimum atomic E-state index is -0.655. The number of carboxylic acids is 1. The minimum absolute atomic E-state index is 0.553. The Bertz CT molecular complexity index is 206. The van der Waals surface area contributed by atoms with Crippen molar-refractivity contribution in [3.63, 3.8) is 0 Å². The molecule has 0 radical (unpaired) electrons. The normalized spacial score (nSPS) is 18.3. The van der Waals surface area contributed by atoms with Gasteiger partial charge in [0.2, 0.25) is 0 Å². The first-order valence-corrected chi connectivity index (χ1v) is 6.11. The Labute approximate surface area is 92.3 Å². The van der Waals surface area contributed by atoms with Crippen LogP contribution in [0.3, 0.4) is 0 Å². The molecule has 0 aliphatic heterocycles. The lowest BCUT2D eigenvalue weighted by Gasteiger charge is -2.28. The SMILES string of the molecule is CCC(CC)(CNC1CCCC1)C(=O)O. The highest BCUT2D eigenvalue weighted by atomic mass is 16.4. The van der Waals surface area contributed by atoms with Crippen molar-refractivity contribution in [2.75, 3.05) is 6.54 Å². The summed E-state index contributed by atoms with van der Waals surface area (Å²) < 4.78 is 0. The molecule has 1 saturated carbocycles. The second-order valence-electron chi connectivity index (χ2n) is 4.65. The second kappa shape index (κ2) is 5.50. The maximum absolute atomic E-state index is 11.2. The monoisotopic (exact) mass is 213 g/mol. The molecule has 3 nitrogen and oxygen atoms in total. The molecule has 88 valence electrons. The summed E-state index contributed by atoms with van der Waals surface area (Å²) in [4.78, 5) is 11.2. The van der Waals surface area contributed by atoms with Gasteiger partial charge in [-0.05, 0) is 25.7 Å². The summed E-state index contributed by atoms with van der Waals surface area (Å²) in [6.07, 6.45) is 6.41. The summed E-state index contributed by atoms with van der Waals surface area (Å²) >= 11 is 0. The first-order valence-electron chi connectivity index (χ1n) is 6.11. The van der Waals surface area contributed by atoms with Crippen molar-refractivity contribution in [2.24, 2.45) is 5.41 Å². The summed E-state index contributed by atoms with van der Waals surface area (Å²) in [5, 5.41) is 12.7. The van der Waals surface area contributed by atoms with Crippen LogP contribution in [-0.4, -0.2) is 23.7 Å². The third kappa shape index (κ3) is 2.94. The zero-order valence-corrected chi connectivity index (χ0v) is 9.88. The zero-order valence-electron chi connectivity index (χ0n) is 9.88. The van der Waals surface area contributed by atoms with E-state index < -0.39 is 11.4 Å². The molecule has 0 aromatic rings. The molecule has 1 aliphatic carbocycles. The Morgan fingerprint density at radius 2 is 1.87 bits per heavy atom. The van der Waals surface area contributed by atoms with Crippen molar-refractivity contribution in [3.8, 4) is 0 Å². The van der Waals surface area contributed by atoms with E-state index in [1.807, 2.05) is 13.8 Å². The average Bonchev–Trinajstić information content (AvgIpc) is 2.72. The molecular formula is C12H23NO2. The van der Waals surface area contributed by atoms with Gasteiger partial charge in [-0.15, -0.1) is 0 Å². The first-order chi connectivity index (χ1) is 7.14. The minimum Gasteiger partial charge on any atom is -0.481 e. The molecule has 15 heavy (non-hydrogen) atoms. The molecular weight excluding hydrogens is 190 g/mol. The van der Waals surface area contributed by atoms with Crippen molar-refractivity contribution >= 4 is 5.97 Å². The van der Waals surface area contributed by atoms with Crippen LogP contribution in [0, 0.1) is 5.41 Å². The van der Waals surface area contributed by atoms with Gasteiger partial charge in [-0.1, -0.05) is 26.7 Å². The number of nitrogens with one attached hydrogen (secondary N) is 1. The van der Waals surface area contributed by atoms with E-state index in [1.54, 1.807) is 0 Å². The van der Waals surface area contributed by atoms with E-state index in [2.05, 4.69) is 5.32 Å². The molecule has 0 spiro atoms. The highest BCUT2D eigenvalue weighted by Crippen LogP contribution is 2.27. The molecule has 0 aromatic carbocycles. The van der Waals surface area contributed by atoms with Gasteiger partial charge in [0.25, 0.3) is 0 Å². The van der Waals surface area contributed by atoms with E-state index in [1.165, 1.54) is 25.7 Å². The average molecular weight is 213 g/mol. The predicted molar refractivity (Wildman–Crippen MR) is 60.9 cm³/mol. The van der Waals surface area contributed by atoms with Crippen LogP contribution in [-0.2, 0) is 4.79 Å². The fourth-order valence-electron chi connectivity index (χ4n) is 2.35. The molecule has 0 aromatic heterocycles. The molecule has 0 amide bonds. The van der Waals surface area contributed by atoms with Gasteiger partial charge in [0.15, 0.2) is 0 Å². The lowest BCUT2D eigenvalue weighted by Crippen LogP contribution is -2.43. The van der Waals surface area contributed by atoms with Crippen LogP contribution in [0.5, 0.6) is 0 Å². The number of carboxylic acid groups (broad SMARTS) is 1. The Morgan fingerprint density at radius 1 is 1.33 bits per heavy atom. The van der Waals surface area contributed by atoms with E-state index in [4.69, 9.17) is 0 Å². The fourth-order valence-corrected chi connectivity index (χ4v) is 2.35. The van der Waals surface area contributed by atoms with E-state index in [0.717, 1.165) is 0 Å². The van der Waals surface area contributed by atoms with Crippen molar-refractivity contribution in [3.05, 3.63) is 0 Å². The zero-order chi connectivity index (χ0) is 11.3. The summed E-state index contributed by atoms with van der Waals surface area (Å²) in [7, 11) is 0. The second-order valence-corrected chi connectivity index (χ2v) is 4.65. The molecule has 1 aliphatic rings. The van der Waals surface area contributed by atoms with Gasteiger partial charge in [-0.3, -0.25) is 4.79 Å². The topological polar surface area (TPSA) is 49.3 Å². The Kier molecular flexibility index (Phi) is 4.58. The molecule has 3 heteroatoms. The maximum atomic E-state index is 11.2. The fraction of sp³-hybridized carbons (Fsp3) is 0.917. The molecule has 1 fully saturated rings. The summed E-state index contributed by atoms with van der Waals surface area (Å²) in [5.74, 6) is -0.655. The van der Waals surface area contributed by atoms with Gasteiger partial charge in [-0.25, -0.2) is 0 Å². The van der Waals surface area contributed by atoms with Gasteiger partial charge >= 0.3 is 5.97 Å². The van der Waals surface area contributed by atoms with Crippen molar-refractivity contribution in [1.82, 2.24) is 5.32 Å². The molecule has 0 atom stereocenters. The quantitative estimate of drug-likeness (QED) is 0.712. The number of hydrogen-bond donors (Lipinski definition) is 2. The van der Waals surface area contributed by atoms with Gasteiger partial charge in [0.05, 0.1) is 5.41 Å². The highest BCUT2D eigenvalue weighted by Gasteiger charge is 2.35. The summed E-state index contributed by atoms with van der Waals surface area (Å²) in [6, 6.07) is 0.557. The smallest absolute Gasteiger partial charge is 0.310 e. The van der Waals surface area contributed by atoms with Crippen LogP contribution >= 0.6 is 0 Å². The van der Waals surface area contributed by atoms with Gasteiger partial charge < -0.3 is 10.4 Å². The van der Waals surface area contributed by atoms with Crippen LogP contribution in [0.4, 0.5) is 0 Å².